The highest BCUT2D eigenvalue weighted by molar-refractivity contribution is 6.31. The maximum absolute atomic E-state index is 11.5. The summed E-state index contributed by atoms with van der Waals surface area (Å²) in [6.45, 7) is 4.01. The first kappa shape index (κ1) is 15.5. The Kier molecular flexibility index (Phi) is 6.36. The first-order valence-corrected chi connectivity index (χ1v) is 6.62. The van der Waals surface area contributed by atoms with Crippen molar-refractivity contribution in [2.24, 2.45) is 0 Å². The summed E-state index contributed by atoms with van der Waals surface area (Å²) in [7, 11) is 0. The van der Waals surface area contributed by atoms with Crippen LogP contribution < -0.4 is 10.1 Å². The lowest BCUT2D eigenvalue weighted by Gasteiger charge is -2.10. The van der Waals surface area contributed by atoms with Gasteiger partial charge in [0.05, 0.1) is 5.56 Å². The van der Waals surface area contributed by atoms with E-state index in [-0.39, 0.29) is 18.3 Å². The zero-order valence-corrected chi connectivity index (χ0v) is 11.9. The molecular formula is C14H18ClNO3. The summed E-state index contributed by atoms with van der Waals surface area (Å²) in [5, 5.41) is 3.20. The normalized spacial score (nSPS) is 10.1. The molecule has 5 heteroatoms. The standard InChI is InChI=1S/C14H18ClNO3/c1-3-4-7-16-14(18)9-19-13-6-5-11(15)8-12(13)10(2)17/h5-6,8H,3-4,7,9H2,1-2H3,(H,16,18). The highest BCUT2D eigenvalue weighted by atomic mass is 35.5. The van der Waals surface area contributed by atoms with Gasteiger partial charge in [-0.15, -0.1) is 0 Å². The Morgan fingerprint density at radius 2 is 2.11 bits per heavy atom. The molecule has 0 saturated carbocycles. The van der Waals surface area contributed by atoms with Crippen molar-refractivity contribution >= 4 is 23.3 Å². The zero-order chi connectivity index (χ0) is 14.3. The molecule has 0 radical (unpaired) electrons. The van der Waals surface area contributed by atoms with E-state index in [1.54, 1.807) is 12.1 Å². The molecule has 1 aromatic rings. The summed E-state index contributed by atoms with van der Waals surface area (Å²) in [5.74, 6) is 0.0318. The van der Waals surface area contributed by atoms with Gasteiger partial charge < -0.3 is 10.1 Å². The van der Waals surface area contributed by atoms with Crippen LogP contribution in [-0.2, 0) is 4.79 Å². The molecular weight excluding hydrogens is 266 g/mol. The molecule has 0 aliphatic rings. The highest BCUT2D eigenvalue weighted by Gasteiger charge is 2.10. The molecule has 1 aromatic carbocycles. The quantitative estimate of drug-likeness (QED) is 0.618. The zero-order valence-electron chi connectivity index (χ0n) is 11.2. The van der Waals surface area contributed by atoms with E-state index in [0.717, 1.165) is 12.8 Å². The van der Waals surface area contributed by atoms with Gasteiger partial charge in [0.2, 0.25) is 0 Å². The van der Waals surface area contributed by atoms with E-state index in [4.69, 9.17) is 16.3 Å². The molecule has 0 spiro atoms. The van der Waals surface area contributed by atoms with Gasteiger partial charge in [0.25, 0.3) is 5.91 Å². The highest BCUT2D eigenvalue weighted by Crippen LogP contribution is 2.23. The molecule has 104 valence electrons. The molecule has 19 heavy (non-hydrogen) atoms. The number of halogens is 1. The molecule has 1 N–H and O–H groups in total. The number of ketones is 1. The van der Waals surface area contributed by atoms with E-state index in [1.165, 1.54) is 13.0 Å². The van der Waals surface area contributed by atoms with E-state index in [9.17, 15) is 9.59 Å². The lowest BCUT2D eigenvalue weighted by atomic mass is 10.1. The molecule has 0 saturated heterocycles. The largest absolute Gasteiger partial charge is 0.483 e. The number of unbranched alkanes of at least 4 members (excludes halogenated alkanes) is 1. The van der Waals surface area contributed by atoms with Crippen LogP contribution in [0.25, 0.3) is 0 Å². The van der Waals surface area contributed by atoms with E-state index in [0.29, 0.717) is 22.9 Å². The maximum Gasteiger partial charge on any atom is 0.257 e. The number of carbonyl (C=O) groups is 2. The van der Waals surface area contributed by atoms with Gasteiger partial charge in [-0.05, 0) is 31.5 Å². The summed E-state index contributed by atoms with van der Waals surface area (Å²) in [6.07, 6.45) is 1.96. The maximum atomic E-state index is 11.5. The Morgan fingerprint density at radius 1 is 1.37 bits per heavy atom. The minimum Gasteiger partial charge on any atom is -0.483 e. The second kappa shape index (κ2) is 7.79. The Balaban J connectivity index is 2.57. The number of carbonyl (C=O) groups excluding carboxylic acids is 2. The fraction of sp³-hybridized carbons (Fsp3) is 0.429. The average molecular weight is 284 g/mol. The Labute approximate surface area is 118 Å². The summed E-state index contributed by atoms with van der Waals surface area (Å²) in [5.41, 5.74) is 0.383. The van der Waals surface area contributed by atoms with Gasteiger partial charge in [-0.3, -0.25) is 9.59 Å². The number of ether oxygens (including phenoxy) is 1. The molecule has 0 aliphatic heterocycles. The van der Waals surface area contributed by atoms with Crippen molar-refractivity contribution in [3.05, 3.63) is 28.8 Å². The van der Waals surface area contributed by atoms with Gasteiger partial charge in [-0.25, -0.2) is 0 Å². The van der Waals surface area contributed by atoms with Crippen LogP contribution in [0.3, 0.4) is 0 Å². The molecule has 0 atom stereocenters. The number of benzene rings is 1. The first-order valence-electron chi connectivity index (χ1n) is 6.24. The Bertz CT molecular complexity index is 460. The van der Waals surface area contributed by atoms with Gasteiger partial charge in [0.15, 0.2) is 12.4 Å². The van der Waals surface area contributed by atoms with Gasteiger partial charge in [0, 0.05) is 11.6 Å². The van der Waals surface area contributed by atoms with Crippen molar-refractivity contribution < 1.29 is 14.3 Å². The molecule has 0 aliphatic carbocycles. The van der Waals surface area contributed by atoms with Crippen LogP contribution in [0.15, 0.2) is 18.2 Å². The minimum atomic E-state index is -0.196. The van der Waals surface area contributed by atoms with Crippen molar-refractivity contribution in [2.45, 2.75) is 26.7 Å². The second-order valence-corrected chi connectivity index (χ2v) is 4.63. The predicted octanol–water partition coefficient (Wildman–Crippen LogP) is 2.84. The van der Waals surface area contributed by atoms with E-state index in [2.05, 4.69) is 12.2 Å². The fourth-order valence-electron chi connectivity index (χ4n) is 1.50. The van der Waals surface area contributed by atoms with Crippen molar-refractivity contribution in [2.75, 3.05) is 13.2 Å². The molecule has 0 fully saturated rings. The number of hydrogen-bond acceptors (Lipinski definition) is 3. The van der Waals surface area contributed by atoms with Crippen LogP contribution in [0, 0.1) is 0 Å². The summed E-state index contributed by atoms with van der Waals surface area (Å²) in [6, 6.07) is 4.75. The topological polar surface area (TPSA) is 55.4 Å². The van der Waals surface area contributed by atoms with Crippen molar-refractivity contribution in [1.29, 1.82) is 0 Å². The summed E-state index contributed by atoms with van der Waals surface area (Å²) >= 11 is 5.82. The van der Waals surface area contributed by atoms with Gasteiger partial charge in [-0.1, -0.05) is 24.9 Å². The average Bonchev–Trinajstić information content (AvgIpc) is 2.37. The van der Waals surface area contributed by atoms with Gasteiger partial charge in [-0.2, -0.15) is 0 Å². The smallest absolute Gasteiger partial charge is 0.257 e. The van der Waals surface area contributed by atoms with Crippen LogP contribution in [-0.4, -0.2) is 24.8 Å². The van der Waals surface area contributed by atoms with Crippen LogP contribution in [0.4, 0.5) is 0 Å². The Morgan fingerprint density at radius 3 is 2.74 bits per heavy atom. The third kappa shape index (κ3) is 5.30. The van der Waals surface area contributed by atoms with Crippen LogP contribution in [0.1, 0.15) is 37.0 Å². The van der Waals surface area contributed by atoms with E-state index >= 15 is 0 Å². The van der Waals surface area contributed by atoms with Crippen molar-refractivity contribution in [3.63, 3.8) is 0 Å². The van der Waals surface area contributed by atoms with Crippen LogP contribution in [0.5, 0.6) is 5.75 Å². The molecule has 4 nitrogen and oxygen atoms in total. The lowest BCUT2D eigenvalue weighted by Crippen LogP contribution is -2.29. The molecule has 0 unspecified atom stereocenters. The van der Waals surface area contributed by atoms with E-state index < -0.39 is 0 Å². The minimum absolute atomic E-state index is 0.106. The van der Waals surface area contributed by atoms with Crippen LogP contribution >= 0.6 is 11.6 Å². The number of nitrogens with one attached hydrogen (secondary N) is 1. The fourth-order valence-corrected chi connectivity index (χ4v) is 1.67. The second-order valence-electron chi connectivity index (χ2n) is 4.19. The number of hydrogen-bond donors (Lipinski definition) is 1. The monoisotopic (exact) mass is 283 g/mol. The first-order chi connectivity index (χ1) is 9.04. The lowest BCUT2D eigenvalue weighted by molar-refractivity contribution is -0.123. The Hall–Kier alpha value is -1.55. The molecule has 0 bridgehead atoms. The number of rotatable bonds is 7. The van der Waals surface area contributed by atoms with E-state index in [1.807, 2.05) is 0 Å². The molecule has 1 amide bonds. The number of Topliss-reactive ketones (excluding diaryl/α,β-unsaturated/α-hetero) is 1. The predicted molar refractivity (Wildman–Crippen MR) is 74.9 cm³/mol. The molecule has 0 aromatic heterocycles. The molecule has 1 rings (SSSR count). The number of amides is 1. The molecule has 0 heterocycles. The van der Waals surface area contributed by atoms with Gasteiger partial charge >= 0.3 is 0 Å². The SMILES string of the molecule is CCCCNC(=O)COc1ccc(Cl)cc1C(C)=O. The van der Waals surface area contributed by atoms with Crippen LogP contribution in [0.2, 0.25) is 5.02 Å². The van der Waals surface area contributed by atoms with Crippen molar-refractivity contribution in [3.8, 4) is 5.75 Å². The third-order valence-corrected chi connectivity index (χ3v) is 2.77. The van der Waals surface area contributed by atoms with Gasteiger partial charge in [0.1, 0.15) is 5.75 Å². The third-order valence-electron chi connectivity index (χ3n) is 2.53. The summed E-state index contributed by atoms with van der Waals surface area (Å²) in [4.78, 5) is 22.9. The van der Waals surface area contributed by atoms with Crippen molar-refractivity contribution in [1.82, 2.24) is 5.32 Å². The summed E-state index contributed by atoms with van der Waals surface area (Å²) < 4.78 is 5.35.